The van der Waals surface area contributed by atoms with E-state index in [0.29, 0.717) is 26.3 Å². The summed E-state index contributed by atoms with van der Waals surface area (Å²) in [5.74, 6) is 0.905. The number of benzene rings is 1. The second-order valence-electron chi connectivity index (χ2n) is 7.35. The van der Waals surface area contributed by atoms with Gasteiger partial charge in [0.2, 0.25) is 0 Å². The summed E-state index contributed by atoms with van der Waals surface area (Å²) in [6.07, 6.45) is 0. The molecule has 0 bridgehead atoms. The third-order valence-electron chi connectivity index (χ3n) is 5.20. The van der Waals surface area contributed by atoms with Crippen molar-refractivity contribution in [3.63, 3.8) is 0 Å². The fraction of sp³-hybridized carbons (Fsp3) is 0.429. The highest BCUT2D eigenvalue weighted by Gasteiger charge is 2.43. The average Bonchev–Trinajstić information content (AvgIpc) is 2.87. The molecule has 6 heteroatoms. The van der Waals surface area contributed by atoms with Gasteiger partial charge in [-0.2, -0.15) is 0 Å². The molecule has 1 amide bonds. The molecule has 1 aromatic heterocycles. The van der Waals surface area contributed by atoms with Crippen molar-refractivity contribution in [2.45, 2.75) is 19.4 Å². The van der Waals surface area contributed by atoms with Gasteiger partial charge < -0.3 is 19.3 Å². The van der Waals surface area contributed by atoms with Crippen LogP contribution in [0, 0.1) is 13.8 Å². The fourth-order valence-electron chi connectivity index (χ4n) is 3.79. The van der Waals surface area contributed by atoms with Crippen LogP contribution in [0.1, 0.15) is 11.3 Å². The second-order valence-corrected chi connectivity index (χ2v) is 7.35. The normalized spacial score (nSPS) is 23.6. The van der Waals surface area contributed by atoms with Crippen LogP contribution in [-0.2, 0) is 14.3 Å². The number of hydrogen-bond acceptors (Lipinski definition) is 5. The van der Waals surface area contributed by atoms with E-state index < -0.39 is 5.60 Å². The number of amides is 1. The molecule has 2 aliphatic rings. The smallest absolute Gasteiger partial charge is 0.253 e. The summed E-state index contributed by atoms with van der Waals surface area (Å²) in [4.78, 5) is 21.3. The van der Waals surface area contributed by atoms with Gasteiger partial charge in [-0.05, 0) is 37.6 Å². The summed E-state index contributed by atoms with van der Waals surface area (Å²) >= 11 is 0. The number of hydrogen-bond donors (Lipinski definition) is 0. The van der Waals surface area contributed by atoms with Gasteiger partial charge >= 0.3 is 0 Å². The van der Waals surface area contributed by atoms with Crippen LogP contribution in [0.3, 0.4) is 0 Å². The van der Waals surface area contributed by atoms with E-state index in [1.54, 1.807) is 0 Å². The van der Waals surface area contributed by atoms with E-state index in [9.17, 15) is 4.79 Å². The van der Waals surface area contributed by atoms with Crippen molar-refractivity contribution in [3.05, 3.63) is 53.7 Å². The van der Waals surface area contributed by atoms with Crippen molar-refractivity contribution in [1.82, 2.24) is 4.98 Å². The topological polar surface area (TPSA) is 54.9 Å². The number of nitrogens with zero attached hydrogens (tertiary/aromatic N) is 3. The lowest BCUT2D eigenvalue weighted by molar-refractivity contribution is -0.143. The van der Waals surface area contributed by atoms with Crippen molar-refractivity contribution < 1.29 is 14.3 Å². The zero-order chi connectivity index (χ0) is 18.9. The summed E-state index contributed by atoms with van der Waals surface area (Å²) in [6, 6.07) is 14.0. The Morgan fingerprint density at radius 1 is 1.07 bits per heavy atom. The third-order valence-corrected chi connectivity index (χ3v) is 5.20. The van der Waals surface area contributed by atoms with Gasteiger partial charge in [-0.25, -0.2) is 4.98 Å². The van der Waals surface area contributed by atoms with Crippen molar-refractivity contribution in [3.8, 4) is 0 Å². The Morgan fingerprint density at radius 2 is 1.93 bits per heavy atom. The third kappa shape index (κ3) is 3.68. The van der Waals surface area contributed by atoms with Gasteiger partial charge in [0.05, 0.1) is 26.3 Å². The van der Waals surface area contributed by atoms with Gasteiger partial charge in [0.1, 0.15) is 18.0 Å². The van der Waals surface area contributed by atoms with Crippen molar-refractivity contribution in [2.75, 3.05) is 49.3 Å². The molecule has 2 aromatic rings. The van der Waals surface area contributed by atoms with Crippen molar-refractivity contribution >= 4 is 17.4 Å². The number of para-hydroxylation sites is 1. The molecule has 0 aliphatic carbocycles. The van der Waals surface area contributed by atoms with Gasteiger partial charge in [0.15, 0.2) is 0 Å². The molecule has 2 aliphatic heterocycles. The number of aryl methyl sites for hydroxylation is 2. The van der Waals surface area contributed by atoms with Crippen molar-refractivity contribution in [2.24, 2.45) is 0 Å². The Bertz CT molecular complexity index is 841. The van der Waals surface area contributed by atoms with Gasteiger partial charge in [-0.3, -0.25) is 4.79 Å². The Morgan fingerprint density at radius 3 is 2.74 bits per heavy atom. The van der Waals surface area contributed by atoms with Gasteiger partial charge in [-0.1, -0.05) is 24.3 Å². The lowest BCUT2D eigenvalue weighted by Gasteiger charge is -2.43. The first kappa shape index (κ1) is 17.9. The summed E-state index contributed by atoms with van der Waals surface area (Å²) in [6.45, 7) is 7.01. The number of carbonyl (C=O) groups excluding carboxylic acids is 1. The Labute approximate surface area is 159 Å². The second kappa shape index (κ2) is 7.29. The first-order chi connectivity index (χ1) is 13.1. The van der Waals surface area contributed by atoms with Crippen LogP contribution in [0.2, 0.25) is 0 Å². The highest BCUT2D eigenvalue weighted by atomic mass is 16.6. The highest BCUT2D eigenvalue weighted by molar-refractivity contribution is 5.95. The Hall–Kier alpha value is -2.44. The van der Waals surface area contributed by atoms with E-state index in [0.717, 1.165) is 29.3 Å². The Kier molecular flexibility index (Phi) is 4.85. The predicted octanol–water partition coefficient (Wildman–Crippen LogP) is 2.34. The first-order valence-electron chi connectivity index (χ1n) is 9.33. The molecule has 1 atom stereocenters. The fourth-order valence-corrected chi connectivity index (χ4v) is 3.79. The molecule has 0 N–H and O–H groups in total. The van der Waals surface area contributed by atoms with E-state index >= 15 is 0 Å². The molecule has 6 nitrogen and oxygen atoms in total. The van der Waals surface area contributed by atoms with Crippen molar-refractivity contribution in [1.29, 1.82) is 0 Å². The molecule has 27 heavy (non-hydrogen) atoms. The van der Waals surface area contributed by atoms with Gasteiger partial charge in [0.25, 0.3) is 5.91 Å². The molecule has 1 aromatic carbocycles. The molecule has 3 heterocycles. The summed E-state index contributed by atoms with van der Waals surface area (Å²) in [7, 11) is 0. The quantitative estimate of drug-likeness (QED) is 0.816. The minimum absolute atomic E-state index is 0.0144. The number of morpholine rings is 1. The highest BCUT2D eigenvalue weighted by Crippen LogP contribution is 2.30. The summed E-state index contributed by atoms with van der Waals surface area (Å²) in [5, 5.41) is 0. The molecule has 142 valence electrons. The zero-order valence-corrected chi connectivity index (χ0v) is 15.9. The Balaban J connectivity index is 1.62. The van der Waals surface area contributed by atoms with E-state index in [4.69, 9.17) is 9.47 Å². The SMILES string of the molecule is Cc1cccc(N2CCOCC3(C2)CN(c2ccccc2C)C(=O)CO3)n1. The number of aromatic nitrogens is 1. The molecule has 4 rings (SSSR count). The van der Waals surface area contributed by atoms with Crippen LogP contribution >= 0.6 is 0 Å². The lowest BCUT2D eigenvalue weighted by atomic mass is 10.00. The summed E-state index contributed by atoms with van der Waals surface area (Å²) < 4.78 is 12.0. The molecule has 2 saturated heterocycles. The number of carbonyl (C=O) groups is 1. The minimum atomic E-state index is -0.571. The maximum Gasteiger partial charge on any atom is 0.253 e. The van der Waals surface area contributed by atoms with E-state index in [1.165, 1.54) is 0 Å². The maximum absolute atomic E-state index is 12.6. The molecule has 0 radical (unpaired) electrons. The minimum Gasteiger partial charge on any atom is -0.376 e. The molecule has 0 saturated carbocycles. The van der Waals surface area contributed by atoms with Gasteiger partial charge in [0, 0.05) is 17.9 Å². The number of rotatable bonds is 2. The number of pyridine rings is 1. The van der Waals surface area contributed by atoms with Crippen LogP contribution in [0.5, 0.6) is 0 Å². The van der Waals surface area contributed by atoms with Crippen LogP contribution < -0.4 is 9.80 Å². The number of ether oxygens (including phenoxy) is 2. The standard InChI is InChI=1S/C21H25N3O3/c1-16-6-3-4-8-18(16)24-14-21(27-12-20(24)25)13-23(10-11-26-15-21)19-9-5-7-17(2)22-19/h3-9H,10-15H2,1-2H3. The summed E-state index contributed by atoms with van der Waals surface area (Å²) in [5.41, 5.74) is 2.43. The average molecular weight is 367 g/mol. The predicted molar refractivity (Wildman–Crippen MR) is 104 cm³/mol. The largest absolute Gasteiger partial charge is 0.376 e. The maximum atomic E-state index is 12.6. The molecule has 1 unspecified atom stereocenters. The van der Waals surface area contributed by atoms with Crippen LogP contribution in [-0.4, -0.2) is 55.9 Å². The van der Waals surface area contributed by atoms with Crippen LogP contribution in [0.4, 0.5) is 11.5 Å². The van der Waals surface area contributed by atoms with E-state index in [2.05, 4.69) is 9.88 Å². The van der Waals surface area contributed by atoms with Crippen LogP contribution in [0.15, 0.2) is 42.5 Å². The first-order valence-corrected chi connectivity index (χ1v) is 9.33. The van der Waals surface area contributed by atoms with Crippen LogP contribution in [0.25, 0.3) is 0 Å². The monoisotopic (exact) mass is 367 g/mol. The molecular formula is C21H25N3O3. The molecular weight excluding hydrogens is 342 g/mol. The van der Waals surface area contributed by atoms with E-state index in [-0.39, 0.29) is 12.5 Å². The zero-order valence-electron chi connectivity index (χ0n) is 15.9. The van der Waals surface area contributed by atoms with E-state index in [1.807, 2.05) is 61.2 Å². The number of anilines is 2. The molecule has 2 fully saturated rings. The molecule has 1 spiro atoms. The lowest BCUT2D eigenvalue weighted by Crippen LogP contribution is -2.61. The van der Waals surface area contributed by atoms with Gasteiger partial charge in [-0.15, -0.1) is 0 Å².